The molecule has 9 nitrogen and oxygen atoms in total. The van der Waals surface area contributed by atoms with E-state index in [0.717, 1.165) is 53.8 Å². The monoisotopic (exact) mass is 792 g/mol. The zero-order valence-corrected chi connectivity index (χ0v) is 35.4. The molecule has 3 N–H and O–H groups in total. The molecule has 0 atom stereocenters. The van der Waals surface area contributed by atoms with Crippen LogP contribution < -0.4 is 20.1 Å². The van der Waals surface area contributed by atoms with Gasteiger partial charge in [0, 0.05) is 63.8 Å². The normalized spacial score (nSPS) is 14.5. The number of aliphatic carboxylic acids is 1. The second kappa shape index (κ2) is 25.9. The molecule has 2 heterocycles. The van der Waals surface area contributed by atoms with Crippen molar-refractivity contribution >= 4 is 34.9 Å². The minimum Gasteiger partial charge on any atom is -0.497 e. The maximum absolute atomic E-state index is 12.5. The molecule has 2 aliphatic rings. The van der Waals surface area contributed by atoms with Gasteiger partial charge in [0.15, 0.2) is 11.6 Å². The van der Waals surface area contributed by atoms with Crippen LogP contribution in [0.5, 0.6) is 11.5 Å². The van der Waals surface area contributed by atoms with Crippen molar-refractivity contribution in [2.24, 2.45) is 0 Å². The lowest BCUT2D eigenvalue weighted by atomic mass is 9.85. The summed E-state index contributed by atoms with van der Waals surface area (Å²) in [5.41, 5.74) is 7.41. The summed E-state index contributed by atoms with van der Waals surface area (Å²) in [6.45, 7) is 20.3. The van der Waals surface area contributed by atoms with Crippen molar-refractivity contribution in [3.63, 3.8) is 0 Å². The molecule has 312 valence electrons. The van der Waals surface area contributed by atoms with Gasteiger partial charge >= 0.3 is 0 Å². The number of benzene rings is 4. The first-order valence-corrected chi connectivity index (χ1v) is 19.0. The Bertz CT molecular complexity index is 1850. The molecule has 6 rings (SSSR count). The Kier molecular flexibility index (Phi) is 23.1. The van der Waals surface area contributed by atoms with Crippen molar-refractivity contribution in [1.29, 1.82) is 0 Å². The van der Waals surface area contributed by atoms with Gasteiger partial charge in [-0.05, 0) is 82.5 Å². The van der Waals surface area contributed by atoms with Gasteiger partial charge in [0.1, 0.15) is 17.4 Å². The van der Waals surface area contributed by atoms with Crippen LogP contribution >= 0.6 is 0 Å². The van der Waals surface area contributed by atoms with E-state index >= 15 is 0 Å². The smallest absolute Gasteiger partial charge is 0.300 e. The van der Waals surface area contributed by atoms with Gasteiger partial charge in [0.2, 0.25) is 0 Å². The lowest BCUT2D eigenvalue weighted by Gasteiger charge is -2.35. The number of ketones is 2. The van der Waals surface area contributed by atoms with Gasteiger partial charge in [-0.15, -0.1) is 0 Å². The zero-order valence-electron chi connectivity index (χ0n) is 35.4. The molecule has 0 radical (unpaired) electrons. The topological polar surface area (TPSA) is 131 Å². The average molecular weight is 793 g/mol. The Morgan fingerprint density at radius 1 is 0.655 bits per heavy atom. The Morgan fingerprint density at radius 2 is 0.948 bits per heavy atom. The fourth-order valence-corrected chi connectivity index (χ4v) is 5.94. The molecule has 0 amide bonds. The Morgan fingerprint density at radius 3 is 1.22 bits per heavy atom. The number of carboxylic acids is 1. The second-order valence-corrected chi connectivity index (χ2v) is 13.7. The number of methoxy groups -OCH3 is 2. The summed E-state index contributed by atoms with van der Waals surface area (Å²) in [5, 5.41) is 14.4. The lowest BCUT2D eigenvalue weighted by molar-refractivity contribution is -0.134. The number of hydrogen-bond acceptors (Lipinski definition) is 8. The van der Waals surface area contributed by atoms with E-state index in [1.54, 1.807) is 26.4 Å². The molecule has 0 aromatic heterocycles. The van der Waals surface area contributed by atoms with Gasteiger partial charge in [0.25, 0.3) is 5.97 Å². The molecular formula is C49H64N2O7. The Hall–Kier alpha value is -6.18. The van der Waals surface area contributed by atoms with Crippen molar-refractivity contribution in [2.75, 3.05) is 14.2 Å². The van der Waals surface area contributed by atoms with Crippen molar-refractivity contribution in [3.05, 3.63) is 149 Å². The first-order chi connectivity index (χ1) is 27.1. The summed E-state index contributed by atoms with van der Waals surface area (Å²) in [4.78, 5) is 42.7. The van der Waals surface area contributed by atoms with Crippen LogP contribution in [0.25, 0.3) is 11.4 Å². The summed E-state index contributed by atoms with van der Waals surface area (Å²) < 4.78 is 10.7. The van der Waals surface area contributed by atoms with E-state index < -0.39 is 5.97 Å². The first kappa shape index (κ1) is 51.8. The highest BCUT2D eigenvalue weighted by molar-refractivity contribution is 6.09. The van der Waals surface area contributed by atoms with Gasteiger partial charge in [-0.3, -0.25) is 14.4 Å². The molecule has 0 aliphatic carbocycles. The van der Waals surface area contributed by atoms with Gasteiger partial charge in [-0.1, -0.05) is 108 Å². The third-order valence-electron chi connectivity index (χ3n) is 8.09. The van der Waals surface area contributed by atoms with E-state index in [0.29, 0.717) is 11.1 Å². The second-order valence-electron chi connectivity index (χ2n) is 13.7. The Balaban J connectivity index is 0.000000887. The molecule has 58 heavy (non-hydrogen) atoms. The van der Waals surface area contributed by atoms with E-state index in [9.17, 15) is 9.59 Å². The molecular weight excluding hydrogens is 729 g/mol. The van der Waals surface area contributed by atoms with Crippen LogP contribution in [0.15, 0.2) is 116 Å². The number of fused-ring (bicyclic) bond motifs is 2. The van der Waals surface area contributed by atoms with Crippen molar-refractivity contribution in [3.8, 4) is 11.5 Å². The summed E-state index contributed by atoms with van der Waals surface area (Å²) in [7, 11) is 3.31. The molecule has 0 unspecified atom stereocenters. The molecule has 0 saturated heterocycles. The van der Waals surface area contributed by atoms with E-state index in [4.69, 9.17) is 24.2 Å². The summed E-state index contributed by atoms with van der Waals surface area (Å²) in [6.07, 6.45) is 5.19. The van der Waals surface area contributed by atoms with E-state index in [2.05, 4.69) is 57.0 Å². The highest BCUT2D eigenvalue weighted by Crippen LogP contribution is 2.34. The average Bonchev–Trinajstić information content (AvgIpc) is 3.19. The fraction of sp³-hybridized carbons (Fsp3) is 0.327. The quantitative estimate of drug-likeness (QED) is 0.0992. The minimum absolute atomic E-state index is 0. The molecule has 0 fully saturated rings. The molecule has 0 bridgehead atoms. The third kappa shape index (κ3) is 16.9. The van der Waals surface area contributed by atoms with Gasteiger partial charge in [-0.2, -0.15) is 0 Å². The molecule has 0 spiro atoms. The molecule has 9 heteroatoms. The minimum atomic E-state index is -0.833. The van der Waals surface area contributed by atoms with Gasteiger partial charge in [0.05, 0.1) is 14.2 Å². The van der Waals surface area contributed by atoms with E-state index in [1.807, 2.05) is 113 Å². The number of carboxylic acid groups (broad SMARTS) is 1. The van der Waals surface area contributed by atoms with Crippen LogP contribution in [0.4, 0.5) is 0 Å². The number of rotatable bonds is 6. The summed E-state index contributed by atoms with van der Waals surface area (Å²) in [6, 6.07) is 30.7. The highest BCUT2D eigenvalue weighted by Gasteiger charge is 2.29. The van der Waals surface area contributed by atoms with E-state index in [-0.39, 0.29) is 30.1 Å². The highest BCUT2D eigenvalue weighted by atomic mass is 16.5. The predicted octanol–water partition coefficient (Wildman–Crippen LogP) is 10.5. The molecule has 0 saturated carbocycles. The number of allylic oxidation sites excluding steroid dienone is 2. The van der Waals surface area contributed by atoms with E-state index in [1.165, 1.54) is 17.1 Å². The SMILES string of the molecule is C.C=C=O.CC.CC.CC(=O)O.COc1ccc2c(c1)/C(=C/C(=O)c1ccccc1)NC(C)(C)C2.COc1ccc2c(c1)/C(=C/C(=O)c1ccccc1)NC(C)(C)C2. The standard InChI is InChI=1S/2C20H21NO2.C2H4O2.C2H2O.2C2H6.CH4/c2*1-20(2)13-15-9-10-16(23-3)11-17(15)18(21-20)12-19(22)14-7-5-4-6-8-14;1-2(3)4;1-2-3;2*1-2;/h2*4-12,21H,13H2,1-3H3;1H3,(H,3,4);1H2;2*1-2H3;1H4/b2*18-12-;;;;;. The molecule has 2 aliphatic heterocycles. The van der Waals surface area contributed by atoms with Crippen molar-refractivity contribution in [2.45, 2.75) is 93.7 Å². The number of nitrogens with one attached hydrogen (secondary N) is 2. The maximum Gasteiger partial charge on any atom is 0.300 e. The predicted molar refractivity (Wildman–Crippen MR) is 239 cm³/mol. The molecule has 4 aromatic rings. The van der Waals surface area contributed by atoms with Crippen molar-refractivity contribution in [1.82, 2.24) is 10.6 Å². The van der Waals surface area contributed by atoms with Gasteiger partial charge in [-0.25, -0.2) is 4.79 Å². The number of hydrogen-bond donors (Lipinski definition) is 3. The van der Waals surface area contributed by atoms with Gasteiger partial charge < -0.3 is 25.2 Å². The van der Waals surface area contributed by atoms with Crippen LogP contribution in [0.2, 0.25) is 0 Å². The summed E-state index contributed by atoms with van der Waals surface area (Å²) in [5.74, 6) is 2.01. The zero-order chi connectivity index (χ0) is 43.2. The number of carbonyl (C=O) groups is 3. The van der Waals surface area contributed by atoms with Crippen LogP contribution in [0, 0.1) is 0 Å². The maximum atomic E-state index is 12.5. The lowest BCUT2D eigenvalue weighted by Crippen LogP contribution is -2.43. The fourth-order valence-electron chi connectivity index (χ4n) is 5.94. The third-order valence-corrected chi connectivity index (χ3v) is 8.09. The van der Waals surface area contributed by atoms with Crippen LogP contribution in [-0.2, 0) is 22.4 Å². The van der Waals surface area contributed by atoms with Crippen molar-refractivity contribution < 1.29 is 33.8 Å². The van der Waals surface area contributed by atoms with Crippen LogP contribution in [0.1, 0.15) is 113 Å². The largest absolute Gasteiger partial charge is 0.497 e. The Labute approximate surface area is 346 Å². The summed E-state index contributed by atoms with van der Waals surface area (Å²) >= 11 is 0. The molecule has 4 aromatic carbocycles. The van der Waals surface area contributed by atoms with Crippen LogP contribution in [-0.4, -0.2) is 53.9 Å². The first-order valence-electron chi connectivity index (χ1n) is 19.0. The number of carbonyl (C=O) groups excluding carboxylic acids is 3. The number of ether oxygens (including phenoxy) is 2. The van der Waals surface area contributed by atoms with Crippen LogP contribution in [0.3, 0.4) is 0 Å².